The van der Waals surface area contributed by atoms with Gasteiger partial charge in [-0.05, 0) is 36.4 Å². The van der Waals surface area contributed by atoms with Crippen molar-refractivity contribution in [2.24, 2.45) is 0 Å². The lowest BCUT2D eigenvalue weighted by atomic mass is 10.3. The Morgan fingerprint density at radius 2 is 1.77 bits per heavy atom. The highest BCUT2D eigenvalue weighted by atomic mass is 79.9. The molecule has 2 aromatic heterocycles. The van der Waals surface area contributed by atoms with Crippen LogP contribution in [0.5, 0.6) is 0 Å². The van der Waals surface area contributed by atoms with Crippen LogP contribution in [0, 0.1) is 0 Å². The van der Waals surface area contributed by atoms with E-state index in [1.165, 1.54) is 0 Å². The average Bonchev–Trinajstić information content (AvgIpc) is 3.32. The van der Waals surface area contributed by atoms with Gasteiger partial charge in [-0.1, -0.05) is 40.2 Å². The Bertz CT molecular complexity index is 1050. The first kappa shape index (κ1) is 16.3. The van der Waals surface area contributed by atoms with Crippen LogP contribution in [0.15, 0.2) is 83.7 Å². The number of nitrogens with zero attached hydrogens (tertiary/aromatic N) is 4. The smallest absolute Gasteiger partial charge is 0.276 e. The van der Waals surface area contributed by atoms with Gasteiger partial charge in [-0.25, -0.2) is 9.36 Å². The molecule has 0 aliphatic heterocycles. The number of hydrogen-bond acceptors (Lipinski definition) is 3. The van der Waals surface area contributed by atoms with Crippen molar-refractivity contribution < 1.29 is 4.79 Å². The number of benzene rings is 2. The van der Waals surface area contributed by atoms with Crippen molar-refractivity contribution in [2.75, 3.05) is 5.32 Å². The lowest BCUT2D eigenvalue weighted by Gasteiger charge is -2.02. The van der Waals surface area contributed by atoms with Gasteiger partial charge in [0.1, 0.15) is 0 Å². The summed E-state index contributed by atoms with van der Waals surface area (Å²) in [5.74, 6) is -0.286. The molecule has 1 amide bonds. The second-order valence-corrected chi connectivity index (χ2v) is 6.50. The summed E-state index contributed by atoms with van der Waals surface area (Å²) in [5.41, 5.74) is 2.73. The fraction of sp³-hybridized carbons (Fsp3) is 0. The second kappa shape index (κ2) is 6.97. The van der Waals surface area contributed by atoms with Crippen LogP contribution in [0.4, 0.5) is 5.69 Å². The van der Waals surface area contributed by atoms with E-state index in [0.717, 1.165) is 15.8 Å². The Hall–Kier alpha value is -3.19. The number of carbonyl (C=O) groups is 1. The maximum atomic E-state index is 12.4. The normalized spacial score (nSPS) is 10.7. The van der Waals surface area contributed by atoms with Gasteiger partial charge in [0, 0.05) is 10.7 Å². The number of amides is 1. The van der Waals surface area contributed by atoms with Crippen LogP contribution >= 0.6 is 15.9 Å². The fourth-order valence-electron chi connectivity index (χ4n) is 2.51. The molecular weight excluding hydrogens is 394 g/mol. The van der Waals surface area contributed by atoms with Crippen LogP contribution in [0.3, 0.4) is 0 Å². The lowest BCUT2D eigenvalue weighted by Crippen LogP contribution is -2.12. The monoisotopic (exact) mass is 407 g/mol. The van der Waals surface area contributed by atoms with Gasteiger partial charge in [-0.3, -0.25) is 4.79 Å². The van der Waals surface area contributed by atoms with Crippen molar-refractivity contribution in [2.45, 2.75) is 0 Å². The Labute approximate surface area is 158 Å². The summed E-state index contributed by atoms with van der Waals surface area (Å²) in [6.07, 6.45) is 5.12. The Morgan fingerprint density at radius 1 is 0.962 bits per heavy atom. The second-order valence-electron chi connectivity index (χ2n) is 5.59. The van der Waals surface area contributed by atoms with Crippen LogP contribution in [0.2, 0.25) is 0 Å². The van der Waals surface area contributed by atoms with Gasteiger partial charge in [-0.15, -0.1) is 0 Å². The van der Waals surface area contributed by atoms with Gasteiger partial charge >= 0.3 is 0 Å². The molecule has 2 aromatic carbocycles. The number of halogens is 1. The minimum Gasteiger partial charge on any atom is -0.318 e. The van der Waals surface area contributed by atoms with Gasteiger partial charge in [0.25, 0.3) is 5.91 Å². The van der Waals surface area contributed by atoms with Crippen LogP contribution in [-0.4, -0.2) is 25.5 Å². The predicted octanol–water partition coefficient (Wildman–Crippen LogP) is 4.07. The van der Waals surface area contributed by atoms with Crippen molar-refractivity contribution in [3.63, 3.8) is 0 Å². The van der Waals surface area contributed by atoms with Crippen molar-refractivity contribution >= 4 is 27.5 Å². The third kappa shape index (κ3) is 3.43. The molecule has 2 heterocycles. The van der Waals surface area contributed by atoms with Gasteiger partial charge in [0.05, 0.1) is 29.5 Å². The molecule has 6 nitrogen and oxygen atoms in total. The first-order chi connectivity index (χ1) is 12.7. The quantitative estimate of drug-likeness (QED) is 0.554. The van der Waals surface area contributed by atoms with Crippen molar-refractivity contribution in [1.82, 2.24) is 19.6 Å². The number of rotatable bonds is 4. The summed E-state index contributed by atoms with van der Waals surface area (Å²) in [7, 11) is 0. The van der Waals surface area contributed by atoms with E-state index < -0.39 is 0 Å². The van der Waals surface area contributed by atoms with Gasteiger partial charge in [0.2, 0.25) is 0 Å². The minimum absolute atomic E-state index is 0.286. The molecule has 128 valence electrons. The fourth-order valence-corrected chi connectivity index (χ4v) is 2.90. The average molecular weight is 408 g/mol. The molecule has 4 aromatic rings. The largest absolute Gasteiger partial charge is 0.318 e. The molecule has 0 atom stereocenters. The first-order valence-electron chi connectivity index (χ1n) is 7.92. The van der Waals surface area contributed by atoms with E-state index in [2.05, 4.69) is 31.4 Å². The van der Waals surface area contributed by atoms with E-state index >= 15 is 0 Å². The molecule has 1 N–H and O–H groups in total. The summed E-state index contributed by atoms with van der Waals surface area (Å²) in [6.45, 7) is 0. The maximum Gasteiger partial charge on any atom is 0.276 e. The van der Waals surface area contributed by atoms with E-state index in [4.69, 9.17) is 0 Å². The van der Waals surface area contributed by atoms with Crippen LogP contribution in [-0.2, 0) is 0 Å². The molecule has 0 aliphatic carbocycles. The van der Waals surface area contributed by atoms with Crippen molar-refractivity contribution in [3.05, 3.63) is 89.4 Å². The highest BCUT2D eigenvalue weighted by molar-refractivity contribution is 9.10. The summed E-state index contributed by atoms with van der Waals surface area (Å²) < 4.78 is 4.31. The standard InChI is InChI=1S/C19H14BrN5O/c20-14-5-4-8-17(11-14)24-10-9-18(23-24)19(26)22-15-12-21-25(13-15)16-6-2-1-3-7-16/h1-13H,(H,22,26). The highest BCUT2D eigenvalue weighted by Crippen LogP contribution is 2.16. The molecule has 0 fully saturated rings. The first-order valence-corrected chi connectivity index (χ1v) is 8.71. The zero-order valence-corrected chi connectivity index (χ0v) is 15.2. The van der Waals surface area contributed by atoms with E-state index in [9.17, 15) is 4.79 Å². The van der Waals surface area contributed by atoms with E-state index in [0.29, 0.717) is 11.4 Å². The number of para-hydroxylation sites is 1. The number of carbonyl (C=O) groups excluding carboxylic acids is 1. The van der Waals surface area contributed by atoms with Gasteiger partial charge in [-0.2, -0.15) is 10.2 Å². The topological polar surface area (TPSA) is 64.7 Å². The molecule has 0 radical (unpaired) electrons. The van der Waals surface area contributed by atoms with Gasteiger partial charge in [0.15, 0.2) is 5.69 Å². The Morgan fingerprint density at radius 3 is 2.58 bits per heavy atom. The van der Waals surface area contributed by atoms with Crippen LogP contribution in [0.1, 0.15) is 10.5 Å². The molecule has 0 spiro atoms. The molecule has 0 saturated heterocycles. The molecule has 0 saturated carbocycles. The third-order valence-electron chi connectivity index (χ3n) is 3.76. The van der Waals surface area contributed by atoms with Crippen LogP contribution in [0.25, 0.3) is 11.4 Å². The van der Waals surface area contributed by atoms with Crippen LogP contribution < -0.4 is 5.32 Å². The molecule has 0 bridgehead atoms. The van der Waals surface area contributed by atoms with Crippen molar-refractivity contribution in [3.8, 4) is 11.4 Å². The number of hydrogen-bond donors (Lipinski definition) is 1. The maximum absolute atomic E-state index is 12.4. The number of anilines is 1. The molecule has 4 rings (SSSR count). The summed E-state index contributed by atoms with van der Waals surface area (Å²) in [6, 6.07) is 19.1. The minimum atomic E-state index is -0.286. The lowest BCUT2D eigenvalue weighted by molar-refractivity contribution is 0.102. The summed E-state index contributed by atoms with van der Waals surface area (Å²) in [4.78, 5) is 12.4. The molecule has 26 heavy (non-hydrogen) atoms. The SMILES string of the molecule is O=C(Nc1cnn(-c2ccccc2)c1)c1ccn(-c2cccc(Br)c2)n1. The Kier molecular flexibility index (Phi) is 4.37. The predicted molar refractivity (Wildman–Crippen MR) is 103 cm³/mol. The Balaban J connectivity index is 1.50. The third-order valence-corrected chi connectivity index (χ3v) is 4.25. The molecule has 7 heteroatoms. The van der Waals surface area contributed by atoms with E-state index in [1.807, 2.05) is 54.6 Å². The number of nitrogens with one attached hydrogen (secondary N) is 1. The number of aromatic nitrogens is 4. The molecule has 0 unspecified atom stereocenters. The van der Waals surface area contributed by atoms with Gasteiger partial charge < -0.3 is 5.32 Å². The summed E-state index contributed by atoms with van der Waals surface area (Å²) >= 11 is 3.43. The molecular formula is C19H14BrN5O. The van der Waals surface area contributed by atoms with Crippen molar-refractivity contribution in [1.29, 1.82) is 0 Å². The molecule has 0 aliphatic rings. The zero-order chi connectivity index (χ0) is 17.9. The zero-order valence-electron chi connectivity index (χ0n) is 13.6. The highest BCUT2D eigenvalue weighted by Gasteiger charge is 2.12. The van der Waals surface area contributed by atoms with E-state index in [1.54, 1.807) is 34.0 Å². The van der Waals surface area contributed by atoms with E-state index in [-0.39, 0.29) is 5.91 Å². The summed E-state index contributed by atoms with van der Waals surface area (Å²) in [5, 5.41) is 11.4.